The van der Waals surface area contributed by atoms with E-state index in [1.807, 2.05) is 37.3 Å². The van der Waals surface area contributed by atoms with Crippen LogP contribution in [0.15, 0.2) is 42.6 Å². The topological polar surface area (TPSA) is 75.2 Å². The Hall–Kier alpha value is -2.80. The van der Waals surface area contributed by atoms with Crippen molar-refractivity contribution in [1.29, 1.82) is 0 Å². The minimum Gasteiger partial charge on any atom is -0.358 e. The van der Waals surface area contributed by atoms with Crippen molar-refractivity contribution in [2.45, 2.75) is 13.5 Å². The van der Waals surface area contributed by atoms with Crippen LogP contribution in [0.3, 0.4) is 0 Å². The summed E-state index contributed by atoms with van der Waals surface area (Å²) in [6.07, 6.45) is 1.55. The molecule has 25 heavy (non-hydrogen) atoms. The minimum atomic E-state index is -0.229. The molecule has 0 bridgehead atoms. The SMILES string of the molecule is CNC(=O)CN(Cc1ccccc1)C(=O)c1cnc2snc(C)c2c1. The summed E-state index contributed by atoms with van der Waals surface area (Å²) < 4.78 is 4.26. The zero-order valence-electron chi connectivity index (χ0n) is 14.0. The molecule has 2 heterocycles. The number of benzene rings is 1. The number of aryl methyl sites for hydroxylation is 1. The van der Waals surface area contributed by atoms with Crippen LogP contribution in [0, 0.1) is 6.92 Å². The van der Waals surface area contributed by atoms with E-state index in [-0.39, 0.29) is 18.4 Å². The molecule has 6 nitrogen and oxygen atoms in total. The largest absolute Gasteiger partial charge is 0.358 e. The molecule has 3 aromatic rings. The summed E-state index contributed by atoms with van der Waals surface area (Å²) in [5.74, 6) is -0.445. The van der Waals surface area contributed by atoms with E-state index in [0.717, 1.165) is 21.5 Å². The molecule has 0 saturated heterocycles. The number of carbonyl (C=O) groups excluding carboxylic acids is 2. The Labute approximate surface area is 149 Å². The lowest BCUT2D eigenvalue weighted by atomic mass is 10.1. The van der Waals surface area contributed by atoms with Gasteiger partial charge in [-0.3, -0.25) is 9.59 Å². The van der Waals surface area contributed by atoms with E-state index in [4.69, 9.17) is 0 Å². The lowest BCUT2D eigenvalue weighted by Crippen LogP contribution is -2.39. The molecule has 0 fully saturated rings. The van der Waals surface area contributed by atoms with Gasteiger partial charge in [0.2, 0.25) is 5.91 Å². The Bertz CT molecular complexity index is 908. The van der Waals surface area contributed by atoms with Crippen LogP contribution in [-0.4, -0.2) is 39.7 Å². The van der Waals surface area contributed by atoms with Crippen LogP contribution in [0.4, 0.5) is 0 Å². The van der Waals surface area contributed by atoms with E-state index in [9.17, 15) is 9.59 Å². The number of hydrogen-bond donors (Lipinski definition) is 1. The van der Waals surface area contributed by atoms with Crippen LogP contribution in [0.2, 0.25) is 0 Å². The van der Waals surface area contributed by atoms with Gasteiger partial charge in [-0.2, -0.15) is 4.37 Å². The number of fused-ring (bicyclic) bond motifs is 1. The summed E-state index contributed by atoms with van der Waals surface area (Å²) in [7, 11) is 1.56. The van der Waals surface area contributed by atoms with Crippen LogP contribution in [-0.2, 0) is 11.3 Å². The first-order valence-corrected chi connectivity index (χ1v) is 8.61. The number of rotatable bonds is 5. The van der Waals surface area contributed by atoms with Gasteiger partial charge in [0.15, 0.2) is 0 Å². The predicted octanol–water partition coefficient (Wildman–Crippen LogP) is 2.39. The number of likely N-dealkylation sites (N-methyl/N-ethyl adjacent to an activating group) is 1. The third kappa shape index (κ3) is 3.83. The summed E-state index contributed by atoms with van der Waals surface area (Å²) in [5.41, 5.74) is 2.26. The van der Waals surface area contributed by atoms with Gasteiger partial charge in [-0.05, 0) is 30.1 Å². The van der Waals surface area contributed by atoms with E-state index in [1.165, 1.54) is 16.4 Å². The van der Waals surface area contributed by atoms with E-state index >= 15 is 0 Å². The zero-order chi connectivity index (χ0) is 17.8. The average molecular weight is 354 g/mol. The third-order valence-corrected chi connectivity index (χ3v) is 4.74. The first-order chi connectivity index (χ1) is 12.1. The smallest absolute Gasteiger partial charge is 0.256 e. The van der Waals surface area contributed by atoms with Crippen LogP contribution in [0.5, 0.6) is 0 Å². The molecule has 0 aliphatic carbocycles. The molecule has 7 heteroatoms. The van der Waals surface area contributed by atoms with E-state index in [0.29, 0.717) is 12.1 Å². The van der Waals surface area contributed by atoms with Crippen LogP contribution in [0.1, 0.15) is 21.6 Å². The second-order valence-corrected chi connectivity index (χ2v) is 6.42. The molecule has 1 N–H and O–H groups in total. The molecular formula is C18H18N4O2S. The summed E-state index contributed by atoms with van der Waals surface area (Å²) >= 11 is 1.31. The van der Waals surface area contributed by atoms with Gasteiger partial charge in [0.25, 0.3) is 5.91 Å². The molecule has 1 aromatic carbocycles. The number of nitrogens with one attached hydrogen (secondary N) is 1. The van der Waals surface area contributed by atoms with Crippen LogP contribution in [0.25, 0.3) is 10.2 Å². The number of nitrogens with zero attached hydrogens (tertiary/aromatic N) is 3. The molecule has 0 saturated carbocycles. The zero-order valence-corrected chi connectivity index (χ0v) is 14.8. The monoisotopic (exact) mass is 354 g/mol. The lowest BCUT2D eigenvalue weighted by Gasteiger charge is -2.22. The molecule has 0 radical (unpaired) electrons. The highest BCUT2D eigenvalue weighted by Crippen LogP contribution is 2.22. The summed E-state index contributed by atoms with van der Waals surface area (Å²) in [4.78, 5) is 31.5. The number of amides is 2. The van der Waals surface area contributed by atoms with Crippen molar-refractivity contribution in [3.63, 3.8) is 0 Å². The Kier molecular flexibility index (Phi) is 5.04. The first-order valence-electron chi connectivity index (χ1n) is 7.84. The maximum absolute atomic E-state index is 13.0. The molecule has 0 spiro atoms. The third-order valence-electron chi connectivity index (χ3n) is 3.87. The van der Waals surface area contributed by atoms with Gasteiger partial charge in [0, 0.05) is 25.2 Å². The highest BCUT2D eigenvalue weighted by atomic mass is 32.1. The van der Waals surface area contributed by atoms with Crippen molar-refractivity contribution in [2.75, 3.05) is 13.6 Å². The van der Waals surface area contributed by atoms with Gasteiger partial charge in [-0.25, -0.2) is 4.98 Å². The van der Waals surface area contributed by atoms with Gasteiger partial charge in [0.05, 0.1) is 11.3 Å². The second kappa shape index (κ2) is 7.40. The molecule has 0 aliphatic heterocycles. The Morgan fingerprint density at radius 1 is 1.24 bits per heavy atom. The minimum absolute atomic E-state index is 0.0108. The van der Waals surface area contributed by atoms with Gasteiger partial charge in [-0.15, -0.1) is 0 Å². The molecule has 3 rings (SSSR count). The molecule has 128 valence electrons. The number of carbonyl (C=O) groups is 2. The highest BCUT2D eigenvalue weighted by Gasteiger charge is 2.20. The fraction of sp³-hybridized carbons (Fsp3) is 0.222. The predicted molar refractivity (Wildman–Crippen MR) is 97.4 cm³/mol. The molecule has 2 amide bonds. The fourth-order valence-electron chi connectivity index (χ4n) is 2.50. The molecular weight excluding hydrogens is 336 g/mol. The van der Waals surface area contributed by atoms with Crippen LogP contribution < -0.4 is 5.32 Å². The number of pyridine rings is 1. The van der Waals surface area contributed by atoms with E-state index < -0.39 is 0 Å². The number of hydrogen-bond acceptors (Lipinski definition) is 5. The highest BCUT2D eigenvalue weighted by molar-refractivity contribution is 7.12. The standard InChI is InChI=1S/C18H18N4O2S/c1-12-15-8-14(9-20-17(15)25-21-12)18(24)22(11-16(23)19-2)10-13-6-4-3-5-7-13/h3-9H,10-11H2,1-2H3,(H,19,23). The van der Waals surface area contributed by atoms with E-state index in [2.05, 4.69) is 14.7 Å². The van der Waals surface area contributed by atoms with Gasteiger partial charge < -0.3 is 10.2 Å². The molecule has 2 aromatic heterocycles. The quantitative estimate of drug-likeness (QED) is 0.763. The first kappa shape index (κ1) is 17.0. The Balaban J connectivity index is 1.90. The molecule has 0 aliphatic rings. The summed E-state index contributed by atoms with van der Waals surface area (Å²) in [6, 6.07) is 11.4. The van der Waals surface area contributed by atoms with Crippen molar-refractivity contribution in [1.82, 2.24) is 19.6 Å². The maximum atomic E-state index is 13.0. The molecule has 0 unspecified atom stereocenters. The Morgan fingerprint density at radius 2 is 2.00 bits per heavy atom. The van der Waals surface area contributed by atoms with Gasteiger partial charge in [0.1, 0.15) is 11.4 Å². The van der Waals surface area contributed by atoms with Crippen LogP contribution >= 0.6 is 11.5 Å². The summed E-state index contributed by atoms with van der Waals surface area (Å²) in [6.45, 7) is 2.23. The van der Waals surface area contributed by atoms with E-state index in [1.54, 1.807) is 19.3 Å². The maximum Gasteiger partial charge on any atom is 0.256 e. The van der Waals surface area contributed by atoms with Gasteiger partial charge in [-0.1, -0.05) is 30.3 Å². The Morgan fingerprint density at radius 3 is 2.72 bits per heavy atom. The summed E-state index contributed by atoms with van der Waals surface area (Å²) in [5, 5.41) is 3.44. The van der Waals surface area contributed by atoms with Crippen molar-refractivity contribution >= 4 is 33.6 Å². The van der Waals surface area contributed by atoms with Crippen molar-refractivity contribution in [3.8, 4) is 0 Å². The van der Waals surface area contributed by atoms with Crippen molar-refractivity contribution in [3.05, 3.63) is 59.4 Å². The normalized spacial score (nSPS) is 10.6. The van der Waals surface area contributed by atoms with Crippen molar-refractivity contribution in [2.24, 2.45) is 0 Å². The fourth-order valence-corrected chi connectivity index (χ4v) is 3.23. The number of aromatic nitrogens is 2. The van der Waals surface area contributed by atoms with Crippen molar-refractivity contribution < 1.29 is 9.59 Å². The molecule has 0 atom stereocenters. The second-order valence-electron chi connectivity index (χ2n) is 5.66. The van der Waals surface area contributed by atoms with Gasteiger partial charge >= 0.3 is 0 Å². The average Bonchev–Trinajstić information content (AvgIpc) is 3.01. The lowest BCUT2D eigenvalue weighted by molar-refractivity contribution is -0.121.